The molecule has 1 N–H and O–H groups in total. The summed E-state index contributed by atoms with van der Waals surface area (Å²) < 4.78 is 0. The number of halogens is 1. The van der Waals surface area contributed by atoms with Gasteiger partial charge in [-0.2, -0.15) is 5.26 Å². The minimum Gasteiger partial charge on any atom is -0.322 e. The molecule has 0 atom stereocenters. The third kappa shape index (κ3) is 2.93. The highest BCUT2D eigenvalue weighted by molar-refractivity contribution is 6.32. The predicted octanol–water partition coefficient (Wildman–Crippen LogP) is 3.77. The maximum Gasteiger partial charge on any atom is 0.255 e. The molecule has 4 heteroatoms. The van der Waals surface area contributed by atoms with Crippen molar-refractivity contribution in [3.63, 3.8) is 0 Å². The first-order chi connectivity index (χ1) is 9.11. The quantitative estimate of drug-likeness (QED) is 0.903. The van der Waals surface area contributed by atoms with E-state index in [0.717, 1.165) is 5.56 Å². The van der Waals surface area contributed by atoms with Crippen LogP contribution in [0.15, 0.2) is 42.5 Å². The monoisotopic (exact) mass is 270 g/mol. The number of rotatable bonds is 2. The third-order valence-corrected chi connectivity index (χ3v) is 3.05. The minimum atomic E-state index is -0.195. The van der Waals surface area contributed by atoms with Gasteiger partial charge < -0.3 is 5.32 Å². The summed E-state index contributed by atoms with van der Waals surface area (Å²) in [6.45, 7) is 1.88. The summed E-state index contributed by atoms with van der Waals surface area (Å²) in [4.78, 5) is 12.1. The molecule has 0 saturated heterocycles. The van der Waals surface area contributed by atoms with Gasteiger partial charge in [-0.05, 0) is 36.8 Å². The SMILES string of the molecule is Cc1ccccc1C(=O)Nc1ccc(C#N)c(Cl)c1. The number of hydrogen-bond donors (Lipinski definition) is 1. The van der Waals surface area contributed by atoms with Gasteiger partial charge in [-0.25, -0.2) is 0 Å². The Bertz CT molecular complexity index is 674. The van der Waals surface area contributed by atoms with Crippen LogP contribution < -0.4 is 5.32 Å². The lowest BCUT2D eigenvalue weighted by Gasteiger charge is -2.08. The molecule has 3 nitrogen and oxygen atoms in total. The summed E-state index contributed by atoms with van der Waals surface area (Å²) in [7, 11) is 0. The van der Waals surface area contributed by atoms with E-state index in [1.807, 2.05) is 31.2 Å². The van der Waals surface area contributed by atoms with Crippen LogP contribution in [-0.2, 0) is 0 Å². The van der Waals surface area contributed by atoms with Gasteiger partial charge in [0.2, 0.25) is 0 Å². The molecule has 19 heavy (non-hydrogen) atoms. The van der Waals surface area contributed by atoms with Gasteiger partial charge in [-0.1, -0.05) is 29.8 Å². The van der Waals surface area contributed by atoms with Gasteiger partial charge in [0.1, 0.15) is 6.07 Å². The van der Waals surface area contributed by atoms with Crippen LogP contribution in [0.5, 0.6) is 0 Å². The number of amides is 1. The Balaban J connectivity index is 2.23. The summed E-state index contributed by atoms with van der Waals surface area (Å²) >= 11 is 5.92. The summed E-state index contributed by atoms with van der Waals surface area (Å²) in [6.07, 6.45) is 0. The molecular formula is C15H11ClN2O. The molecule has 0 heterocycles. The number of carbonyl (C=O) groups excluding carboxylic acids is 1. The lowest BCUT2D eigenvalue weighted by molar-refractivity contribution is 0.102. The molecule has 0 aliphatic carbocycles. The lowest BCUT2D eigenvalue weighted by Crippen LogP contribution is -2.13. The minimum absolute atomic E-state index is 0.195. The number of anilines is 1. The molecule has 2 aromatic carbocycles. The second kappa shape index (κ2) is 5.55. The molecule has 2 rings (SSSR count). The zero-order chi connectivity index (χ0) is 13.8. The van der Waals surface area contributed by atoms with Crippen molar-refractivity contribution in [3.8, 4) is 6.07 Å². The van der Waals surface area contributed by atoms with Crippen LogP contribution in [-0.4, -0.2) is 5.91 Å². The van der Waals surface area contributed by atoms with E-state index >= 15 is 0 Å². The van der Waals surface area contributed by atoms with Crippen LogP contribution in [0.25, 0.3) is 0 Å². The van der Waals surface area contributed by atoms with Gasteiger partial charge in [-0.3, -0.25) is 4.79 Å². The average Bonchev–Trinajstić information content (AvgIpc) is 2.39. The van der Waals surface area contributed by atoms with Crippen LogP contribution >= 0.6 is 11.6 Å². The number of aryl methyl sites for hydroxylation is 1. The van der Waals surface area contributed by atoms with E-state index in [9.17, 15) is 4.79 Å². The molecule has 0 fully saturated rings. The molecule has 0 bridgehead atoms. The van der Waals surface area contributed by atoms with Gasteiger partial charge in [0.05, 0.1) is 10.6 Å². The smallest absolute Gasteiger partial charge is 0.255 e. The highest BCUT2D eigenvalue weighted by Gasteiger charge is 2.09. The Morgan fingerprint density at radius 2 is 2.00 bits per heavy atom. The van der Waals surface area contributed by atoms with Crippen LogP contribution in [0.2, 0.25) is 5.02 Å². The Morgan fingerprint density at radius 3 is 2.63 bits per heavy atom. The van der Waals surface area contributed by atoms with E-state index < -0.39 is 0 Å². The Labute approximate surface area is 116 Å². The highest BCUT2D eigenvalue weighted by Crippen LogP contribution is 2.21. The van der Waals surface area contributed by atoms with Crippen LogP contribution in [0.4, 0.5) is 5.69 Å². The molecule has 94 valence electrons. The number of nitrogens with zero attached hydrogens (tertiary/aromatic N) is 1. The van der Waals surface area contributed by atoms with E-state index in [2.05, 4.69) is 5.32 Å². The molecule has 0 aromatic heterocycles. The highest BCUT2D eigenvalue weighted by atomic mass is 35.5. The molecule has 1 amide bonds. The van der Waals surface area contributed by atoms with E-state index in [4.69, 9.17) is 16.9 Å². The van der Waals surface area contributed by atoms with Crippen LogP contribution in [0.1, 0.15) is 21.5 Å². The second-order valence-corrected chi connectivity index (χ2v) is 4.48. The van der Waals surface area contributed by atoms with E-state index in [-0.39, 0.29) is 5.91 Å². The standard InChI is InChI=1S/C15H11ClN2O/c1-10-4-2-3-5-13(10)15(19)18-12-7-6-11(9-17)14(16)8-12/h2-8H,1H3,(H,18,19). The molecule has 0 radical (unpaired) electrons. The molecule has 0 aliphatic rings. The molecule has 0 saturated carbocycles. The van der Waals surface area contributed by atoms with Gasteiger partial charge in [0.25, 0.3) is 5.91 Å². The Kier molecular flexibility index (Phi) is 3.84. The zero-order valence-electron chi connectivity index (χ0n) is 10.3. The largest absolute Gasteiger partial charge is 0.322 e. The molecule has 0 aliphatic heterocycles. The number of nitriles is 1. The predicted molar refractivity (Wildman–Crippen MR) is 75.3 cm³/mol. The molecule has 0 unspecified atom stereocenters. The van der Waals surface area contributed by atoms with Gasteiger partial charge in [-0.15, -0.1) is 0 Å². The van der Waals surface area contributed by atoms with Crippen molar-refractivity contribution in [2.45, 2.75) is 6.92 Å². The van der Waals surface area contributed by atoms with Gasteiger partial charge >= 0.3 is 0 Å². The van der Waals surface area contributed by atoms with E-state index in [0.29, 0.717) is 21.8 Å². The summed E-state index contributed by atoms with van der Waals surface area (Å²) in [5, 5.41) is 11.9. The Hall–Kier alpha value is -2.31. The fourth-order valence-electron chi connectivity index (χ4n) is 1.71. The summed E-state index contributed by atoms with van der Waals surface area (Å²) in [5.41, 5.74) is 2.47. The second-order valence-electron chi connectivity index (χ2n) is 4.08. The first-order valence-electron chi connectivity index (χ1n) is 5.68. The third-order valence-electron chi connectivity index (χ3n) is 2.74. The topological polar surface area (TPSA) is 52.9 Å². The first-order valence-corrected chi connectivity index (χ1v) is 6.06. The maximum absolute atomic E-state index is 12.1. The van der Waals surface area contributed by atoms with Crippen molar-refractivity contribution in [2.24, 2.45) is 0 Å². The average molecular weight is 271 g/mol. The lowest BCUT2D eigenvalue weighted by atomic mass is 10.1. The Morgan fingerprint density at radius 1 is 1.26 bits per heavy atom. The molecule has 0 spiro atoms. The van der Waals surface area contributed by atoms with Gasteiger partial charge in [0.15, 0.2) is 0 Å². The fourth-order valence-corrected chi connectivity index (χ4v) is 1.93. The normalized spacial score (nSPS) is 9.74. The van der Waals surface area contributed by atoms with Crippen LogP contribution in [0.3, 0.4) is 0 Å². The number of benzene rings is 2. The van der Waals surface area contributed by atoms with Crippen molar-refractivity contribution in [1.82, 2.24) is 0 Å². The number of carbonyl (C=O) groups is 1. The summed E-state index contributed by atoms with van der Waals surface area (Å²) in [5.74, 6) is -0.195. The van der Waals surface area contributed by atoms with Crippen molar-refractivity contribution < 1.29 is 4.79 Å². The van der Waals surface area contributed by atoms with Gasteiger partial charge in [0, 0.05) is 11.3 Å². The van der Waals surface area contributed by atoms with Crippen molar-refractivity contribution in [2.75, 3.05) is 5.32 Å². The van der Waals surface area contributed by atoms with Crippen molar-refractivity contribution in [1.29, 1.82) is 5.26 Å². The van der Waals surface area contributed by atoms with Crippen molar-refractivity contribution in [3.05, 3.63) is 64.2 Å². The zero-order valence-corrected chi connectivity index (χ0v) is 11.0. The van der Waals surface area contributed by atoms with Crippen molar-refractivity contribution >= 4 is 23.2 Å². The number of nitrogens with one attached hydrogen (secondary N) is 1. The molecular weight excluding hydrogens is 260 g/mol. The van der Waals surface area contributed by atoms with E-state index in [1.54, 1.807) is 24.3 Å². The first kappa shape index (κ1) is 13.1. The van der Waals surface area contributed by atoms with E-state index in [1.165, 1.54) is 0 Å². The van der Waals surface area contributed by atoms with Crippen LogP contribution in [0, 0.1) is 18.3 Å². The summed E-state index contributed by atoms with van der Waals surface area (Å²) in [6, 6.07) is 14.1. The number of hydrogen-bond acceptors (Lipinski definition) is 2. The maximum atomic E-state index is 12.1. The fraction of sp³-hybridized carbons (Fsp3) is 0.0667. The molecule has 2 aromatic rings.